The first kappa shape index (κ1) is 12.4. The van der Waals surface area contributed by atoms with Crippen LogP contribution in [0, 0.1) is 0 Å². The minimum absolute atomic E-state index is 0.101. The SMILES string of the molecule is CC(C(=O)O)=C(C)C(=O)N1CCc2ccccc21. The molecular formula is C14H15NO3. The van der Waals surface area contributed by atoms with E-state index in [-0.39, 0.29) is 11.5 Å². The van der Waals surface area contributed by atoms with Gasteiger partial charge in [0.05, 0.1) is 0 Å². The molecule has 1 aromatic carbocycles. The smallest absolute Gasteiger partial charge is 0.331 e. The van der Waals surface area contributed by atoms with Crippen LogP contribution < -0.4 is 4.90 Å². The molecule has 1 N–H and O–H groups in total. The fourth-order valence-electron chi connectivity index (χ4n) is 2.07. The van der Waals surface area contributed by atoms with Gasteiger partial charge in [-0.15, -0.1) is 0 Å². The number of carbonyl (C=O) groups excluding carboxylic acids is 1. The Kier molecular flexibility index (Phi) is 3.19. The molecule has 4 nitrogen and oxygen atoms in total. The number of rotatable bonds is 2. The second-order valence-electron chi connectivity index (χ2n) is 4.39. The molecule has 0 aromatic heterocycles. The third kappa shape index (κ3) is 2.01. The maximum Gasteiger partial charge on any atom is 0.331 e. The largest absolute Gasteiger partial charge is 0.478 e. The van der Waals surface area contributed by atoms with Crippen molar-refractivity contribution in [1.82, 2.24) is 0 Å². The van der Waals surface area contributed by atoms with Gasteiger partial charge in [-0.25, -0.2) is 4.79 Å². The van der Waals surface area contributed by atoms with Crippen molar-refractivity contribution in [2.75, 3.05) is 11.4 Å². The normalized spacial score (nSPS) is 15.1. The van der Waals surface area contributed by atoms with Crippen molar-refractivity contribution >= 4 is 17.6 Å². The van der Waals surface area contributed by atoms with Crippen LogP contribution >= 0.6 is 0 Å². The highest BCUT2D eigenvalue weighted by atomic mass is 16.4. The number of carboxylic acids is 1. The van der Waals surface area contributed by atoms with Gasteiger partial charge in [0.1, 0.15) is 0 Å². The van der Waals surface area contributed by atoms with Crippen molar-refractivity contribution in [2.45, 2.75) is 20.3 Å². The average Bonchev–Trinajstić information content (AvgIpc) is 2.79. The summed E-state index contributed by atoms with van der Waals surface area (Å²) in [5, 5.41) is 8.91. The van der Waals surface area contributed by atoms with E-state index in [0.29, 0.717) is 12.1 Å². The summed E-state index contributed by atoms with van der Waals surface area (Å²) in [5.74, 6) is -1.27. The van der Waals surface area contributed by atoms with Crippen LogP contribution in [0.5, 0.6) is 0 Å². The van der Waals surface area contributed by atoms with Gasteiger partial charge in [-0.3, -0.25) is 4.79 Å². The number of carbonyl (C=O) groups is 2. The first-order valence-corrected chi connectivity index (χ1v) is 5.83. The summed E-state index contributed by atoms with van der Waals surface area (Å²) in [6, 6.07) is 7.71. The molecule has 1 heterocycles. The van der Waals surface area contributed by atoms with Crippen molar-refractivity contribution in [3.8, 4) is 0 Å². The van der Waals surface area contributed by atoms with Gasteiger partial charge < -0.3 is 10.0 Å². The van der Waals surface area contributed by atoms with E-state index >= 15 is 0 Å². The van der Waals surface area contributed by atoms with E-state index in [2.05, 4.69) is 0 Å². The molecule has 18 heavy (non-hydrogen) atoms. The number of fused-ring (bicyclic) bond motifs is 1. The zero-order chi connectivity index (χ0) is 13.3. The lowest BCUT2D eigenvalue weighted by Crippen LogP contribution is -2.30. The predicted molar refractivity (Wildman–Crippen MR) is 68.5 cm³/mol. The van der Waals surface area contributed by atoms with Crippen LogP contribution in [-0.2, 0) is 16.0 Å². The Bertz CT molecular complexity index is 546. The van der Waals surface area contributed by atoms with Crippen LogP contribution in [0.3, 0.4) is 0 Å². The maximum absolute atomic E-state index is 12.3. The van der Waals surface area contributed by atoms with Gasteiger partial charge in [0.15, 0.2) is 0 Å². The van der Waals surface area contributed by atoms with Crippen molar-refractivity contribution in [2.24, 2.45) is 0 Å². The van der Waals surface area contributed by atoms with E-state index in [1.165, 1.54) is 6.92 Å². The Labute approximate surface area is 106 Å². The first-order valence-electron chi connectivity index (χ1n) is 5.83. The summed E-state index contributed by atoms with van der Waals surface area (Å²) in [6.45, 7) is 3.63. The van der Waals surface area contributed by atoms with Gasteiger partial charge in [0.25, 0.3) is 5.91 Å². The Morgan fingerprint density at radius 3 is 2.50 bits per heavy atom. The third-order valence-corrected chi connectivity index (χ3v) is 3.34. The Balaban J connectivity index is 2.33. The minimum atomic E-state index is -1.05. The Hall–Kier alpha value is -2.10. The predicted octanol–water partition coefficient (Wildman–Crippen LogP) is 2.00. The highest BCUT2D eigenvalue weighted by Crippen LogP contribution is 2.28. The molecule has 4 heteroatoms. The fraction of sp³-hybridized carbons (Fsp3) is 0.286. The monoisotopic (exact) mass is 245 g/mol. The number of hydrogen-bond acceptors (Lipinski definition) is 2. The van der Waals surface area contributed by atoms with Crippen molar-refractivity contribution in [3.63, 3.8) is 0 Å². The molecule has 1 aliphatic rings. The van der Waals surface area contributed by atoms with E-state index in [9.17, 15) is 9.59 Å². The number of amides is 1. The van der Waals surface area contributed by atoms with Gasteiger partial charge in [-0.05, 0) is 31.9 Å². The zero-order valence-corrected chi connectivity index (χ0v) is 10.4. The molecule has 0 spiro atoms. The van der Waals surface area contributed by atoms with Crippen LogP contribution in [0.1, 0.15) is 19.4 Å². The van der Waals surface area contributed by atoms with Crippen LogP contribution in [0.15, 0.2) is 35.4 Å². The Morgan fingerprint density at radius 2 is 1.83 bits per heavy atom. The van der Waals surface area contributed by atoms with Crippen LogP contribution in [0.4, 0.5) is 5.69 Å². The molecule has 0 atom stereocenters. The second kappa shape index (κ2) is 4.64. The van der Waals surface area contributed by atoms with E-state index < -0.39 is 5.97 Å². The second-order valence-corrected chi connectivity index (χ2v) is 4.39. The quantitative estimate of drug-likeness (QED) is 0.811. The molecule has 0 aliphatic carbocycles. The van der Waals surface area contributed by atoms with Crippen LogP contribution in [-0.4, -0.2) is 23.5 Å². The van der Waals surface area contributed by atoms with Crippen molar-refractivity contribution in [3.05, 3.63) is 41.0 Å². The molecule has 0 unspecified atom stereocenters. The summed E-state index contributed by atoms with van der Waals surface area (Å²) < 4.78 is 0. The molecule has 0 bridgehead atoms. The summed E-state index contributed by atoms with van der Waals surface area (Å²) in [6.07, 6.45) is 0.821. The van der Waals surface area contributed by atoms with E-state index in [1.807, 2.05) is 24.3 Å². The van der Waals surface area contributed by atoms with Crippen molar-refractivity contribution in [1.29, 1.82) is 0 Å². The summed E-state index contributed by atoms with van der Waals surface area (Å²) in [7, 11) is 0. The van der Waals surface area contributed by atoms with Crippen LogP contribution in [0.2, 0.25) is 0 Å². The number of anilines is 1. The van der Waals surface area contributed by atoms with Gasteiger partial charge in [-0.2, -0.15) is 0 Å². The lowest BCUT2D eigenvalue weighted by atomic mass is 10.1. The van der Waals surface area contributed by atoms with Gasteiger partial charge in [0, 0.05) is 23.4 Å². The van der Waals surface area contributed by atoms with E-state index in [4.69, 9.17) is 5.11 Å². The standard InChI is InChI=1S/C14H15NO3/c1-9(10(2)14(17)18)13(16)15-8-7-11-5-3-4-6-12(11)15/h3-6H,7-8H2,1-2H3,(H,17,18). The number of para-hydroxylation sites is 1. The zero-order valence-electron chi connectivity index (χ0n) is 10.4. The Morgan fingerprint density at radius 1 is 1.17 bits per heavy atom. The molecule has 1 aliphatic heterocycles. The summed E-state index contributed by atoms with van der Waals surface area (Å²) >= 11 is 0. The molecule has 0 radical (unpaired) electrons. The number of aliphatic carboxylic acids is 1. The molecular weight excluding hydrogens is 230 g/mol. The minimum Gasteiger partial charge on any atom is -0.478 e. The molecule has 2 rings (SSSR count). The highest BCUT2D eigenvalue weighted by molar-refractivity contribution is 6.10. The van der Waals surface area contributed by atoms with Crippen LogP contribution in [0.25, 0.3) is 0 Å². The molecule has 0 saturated heterocycles. The van der Waals surface area contributed by atoms with Gasteiger partial charge in [-0.1, -0.05) is 18.2 Å². The van der Waals surface area contributed by atoms with E-state index in [1.54, 1.807) is 11.8 Å². The number of benzene rings is 1. The number of hydrogen-bond donors (Lipinski definition) is 1. The highest BCUT2D eigenvalue weighted by Gasteiger charge is 2.26. The maximum atomic E-state index is 12.3. The van der Waals surface area contributed by atoms with Gasteiger partial charge >= 0.3 is 5.97 Å². The number of nitrogens with zero attached hydrogens (tertiary/aromatic N) is 1. The lowest BCUT2D eigenvalue weighted by Gasteiger charge is -2.18. The fourth-order valence-corrected chi connectivity index (χ4v) is 2.07. The molecule has 1 amide bonds. The molecule has 1 aromatic rings. The topological polar surface area (TPSA) is 57.6 Å². The van der Waals surface area contributed by atoms with Crippen molar-refractivity contribution < 1.29 is 14.7 Å². The summed E-state index contributed by atoms with van der Waals surface area (Å²) in [5.41, 5.74) is 2.41. The summed E-state index contributed by atoms with van der Waals surface area (Å²) in [4.78, 5) is 24.8. The molecule has 0 saturated carbocycles. The molecule has 94 valence electrons. The number of carboxylic acid groups (broad SMARTS) is 1. The average molecular weight is 245 g/mol. The van der Waals surface area contributed by atoms with Gasteiger partial charge in [0.2, 0.25) is 0 Å². The first-order chi connectivity index (χ1) is 8.52. The molecule has 0 fully saturated rings. The van der Waals surface area contributed by atoms with E-state index in [0.717, 1.165) is 17.7 Å². The lowest BCUT2D eigenvalue weighted by molar-refractivity contribution is -0.133. The third-order valence-electron chi connectivity index (χ3n) is 3.34.